The summed E-state index contributed by atoms with van der Waals surface area (Å²) in [6.07, 6.45) is 10.8. The van der Waals surface area contributed by atoms with Gasteiger partial charge in [0.05, 0.1) is 38.0 Å². The molecule has 1 aliphatic heterocycles. The maximum atomic E-state index is 15.0. The molecule has 7 rings (SSSR count). The molecule has 1 saturated carbocycles. The van der Waals surface area contributed by atoms with Crippen molar-refractivity contribution in [2.24, 2.45) is 22.9 Å². The summed E-state index contributed by atoms with van der Waals surface area (Å²) < 4.78 is 27.3. The highest BCUT2D eigenvalue weighted by Gasteiger charge is 2.65. The Hall–Kier alpha value is -5.07. The first-order valence-corrected chi connectivity index (χ1v) is 24.7. The van der Waals surface area contributed by atoms with E-state index in [0.29, 0.717) is 31.6 Å². The molecule has 0 bridgehead atoms. The van der Waals surface area contributed by atoms with Crippen LogP contribution >= 0.6 is 11.8 Å². The minimum Gasteiger partial charge on any atom is -0.493 e. The molecule has 0 spiro atoms. The summed E-state index contributed by atoms with van der Waals surface area (Å²) in [7, 11) is 0. The summed E-state index contributed by atoms with van der Waals surface area (Å²) in [4.78, 5) is 24.3. The third-order valence-electron chi connectivity index (χ3n) is 12.8. The predicted molar refractivity (Wildman–Crippen MR) is 264 cm³/mol. The zero-order valence-electron chi connectivity index (χ0n) is 38.9. The standard InChI is InChI=1S/C55H68N2O8S/c1-6-8-32-62-53(60)57(38-41-22-18-21-39-19-12-13-25-44(39)41)50-37-48(56-65-54(3,4)5)46-35-40(20-14-16-29-58)45(26-15-17-30-59)51-47-36-42(61-33-34-66-43-23-10-9-11-24-43)27-28-49(47)64-55(50,52(46)51)63-31-7-2/h6-7,9-13,18-19,21-25,27-28,35-36,40,45,50-52,58-59H,1-2,8,14-17,20,26,29-34,37-38H2,3-5H3. The van der Waals surface area contributed by atoms with Crippen LogP contribution in [0.5, 0.6) is 11.5 Å². The Labute approximate surface area is 395 Å². The van der Waals surface area contributed by atoms with E-state index < -0.39 is 29.4 Å². The number of thioether (sulfide) groups is 1. The molecule has 1 amide bonds. The Morgan fingerprint density at radius 3 is 2.44 bits per heavy atom. The number of nitrogens with zero attached hydrogens (tertiary/aromatic N) is 2. The smallest absolute Gasteiger partial charge is 0.410 e. The van der Waals surface area contributed by atoms with Gasteiger partial charge in [-0.05, 0) is 117 Å². The summed E-state index contributed by atoms with van der Waals surface area (Å²) in [6.45, 7) is 15.1. The molecule has 0 radical (unpaired) electrons. The van der Waals surface area contributed by atoms with Gasteiger partial charge in [-0.2, -0.15) is 0 Å². The first kappa shape index (κ1) is 48.9. The van der Waals surface area contributed by atoms with Crippen LogP contribution < -0.4 is 9.47 Å². The zero-order valence-corrected chi connectivity index (χ0v) is 39.8. The van der Waals surface area contributed by atoms with E-state index in [2.05, 4.69) is 61.7 Å². The Morgan fingerprint density at radius 1 is 0.924 bits per heavy atom. The van der Waals surface area contributed by atoms with Gasteiger partial charge in [0.2, 0.25) is 5.79 Å². The van der Waals surface area contributed by atoms with Crippen molar-refractivity contribution in [1.29, 1.82) is 0 Å². The lowest BCUT2D eigenvalue weighted by Crippen LogP contribution is -2.70. The highest BCUT2D eigenvalue weighted by Crippen LogP contribution is 2.62. The zero-order chi connectivity index (χ0) is 46.5. The molecule has 1 fully saturated rings. The number of oxime groups is 1. The molecule has 3 aliphatic rings. The minimum atomic E-state index is -1.44. The number of aliphatic hydroxyl groups is 2. The van der Waals surface area contributed by atoms with Gasteiger partial charge < -0.3 is 34.0 Å². The SMILES string of the molecule is C=CCCOC(=O)N(Cc1cccc2ccccc12)C1CC(=NOC(C)(C)C)C2=CC(CCCCO)C(CCCCO)C3c4cc(OCCSc5ccccc5)ccc4OC1(OCC=C)C23. The van der Waals surface area contributed by atoms with Crippen molar-refractivity contribution in [1.82, 2.24) is 4.90 Å². The van der Waals surface area contributed by atoms with Crippen LogP contribution in [0.25, 0.3) is 10.8 Å². The summed E-state index contributed by atoms with van der Waals surface area (Å²) in [5, 5.41) is 27.1. The van der Waals surface area contributed by atoms with Crippen molar-refractivity contribution in [3.8, 4) is 11.5 Å². The number of hydrogen-bond donors (Lipinski definition) is 2. The number of aliphatic hydroxyl groups excluding tert-OH is 2. The number of allylic oxidation sites excluding steroid dienone is 1. The summed E-state index contributed by atoms with van der Waals surface area (Å²) in [6, 6.07) is 30.0. The average molecular weight is 917 g/mol. The van der Waals surface area contributed by atoms with E-state index in [0.717, 1.165) is 70.4 Å². The molecule has 6 atom stereocenters. The Kier molecular flexibility index (Phi) is 17.1. The number of carbonyl (C=O) groups excluding carboxylic acids is 1. The lowest BCUT2D eigenvalue weighted by atomic mass is 9.55. The number of hydrogen-bond acceptors (Lipinski definition) is 10. The van der Waals surface area contributed by atoms with Crippen molar-refractivity contribution in [3.63, 3.8) is 0 Å². The number of benzene rings is 4. The molecular weight excluding hydrogens is 849 g/mol. The molecule has 66 heavy (non-hydrogen) atoms. The van der Waals surface area contributed by atoms with E-state index in [4.69, 9.17) is 28.9 Å². The van der Waals surface area contributed by atoms with E-state index in [9.17, 15) is 15.0 Å². The molecule has 2 N–H and O–H groups in total. The molecule has 10 nitrogen and oxygen atoms in total. The number of amides is 1. The summed E-state index contributed by atoms with van der Waals surface area (Å²) >= 11 is 1.75. The van der Waals surface area contributed by atoms with Crippen molar-refractivity contribution in [2.75, 3.05) is 38.8 Å². The van der Waals surface area contributed by atoms with Gasteiger partial charge >= 0.3 is 6.09 Å². The van der Waals surface area contributed by atoms with Crippen LogP contribution in [0.3, 0.4) is 0 Å². The topological polar surface area (TPSA) is 119 Å². The van der Waals surface area contributed by atoms with E-state index in [1.165, 1.54) is 4.90 Å². The van der Waals surface area contributed by atoms with Gasteiger partial charge in [-0.25, -0.2) is 4.79 Å². The van der Waals surface area contributed by atoms with Gasteiger partial charge in [-0.3, -0.25) is 4.90 Å². The van der Waals surface area contributed by atoms with Gasteiger partial charge in [0, 0.05) is 41.8 Å². The average Bonchev–Trinajstić information content (AvgIpc) is 3.32. The number of unbranched alkanes of at least 4 members (excludes halogenated alkanes) is 2. The number of carbonyl (C=O) groups is 1. The van der Waals surface area contributed by atoms with E-state index in [-0.39, 0.29) is 57.1 Å². The third-order valence-corrected chi connectivity index (χ3v) is 13.8. The summed E-state index contributed by atoms with van der Waals surface area (Å²) in [5.74, 6) is 0.224. The molecule has 2 aliphatic carbocycles. The van der Waals surface area contributed by atoms with E-state index >= 15 is 0 Å². The summed E-state index contributed by atoms with van der Waals surface area (Å²) in [5.41, 5.74) is 3.04. The Morgan fingerprint density at radius 2 is 1.68 bits per heavy atom. The van der Waals surface area contributed by atoms with Gasteiger partial charge in [0.15, 0.2) is 0 Å². The van der Waals surface area contributed by atoms with E-state index in [1.54, 1.807) is 28.8 Å². The second-order valence-corrected chi connectivity index (χ2v) is 19.6. The van der Waals surface area contributed by atoms with E-state index in [1.807, 2.05) is 69.3 Å². The normalized spacial score (nSPS) is 22.7. The minimum absolute atomic E-state index is 0.0665. The highest BCUT2D eigenvalue weighted by molar-refractivity contribution is 7.99. The third kappa shape index (κ3) is 11.5. The van der Waals surface area contributed by atoms with Crippen LogP contribution in [-0.2, 0) is 20.9 Å². The van der Waals surface area contributed by atoms with Crippen molar-refractivity contribution in [2.45, 2.75) is 107 Å². The highest BCUT2D eigenvalue weighted by atomic mass is 32.2. The quantitative estimate of drug-likeness (QED) is 0.0324. The van der Waals surface area contributed by atoms with Crippen molar-refractivity contribution < 1.29 is 38.8 Å². The maximum Gasteiger partial charge on any atom is 0.410 e. The largest absolute Gasteiger partial charge is 0.493 e. The fourth-order valence-electron chi connectivity index (χ4n) is 9.99. The Balaban J connectivity index is 1.42. The van der Waals surface area contributed by atoms with Crippen molar-refractivity contribution >= 4 is 34.3 Å². The van der Waals surface area contributed by atoms with Crippen LogP contribution in [0, 0.1) is 17.8 Å². The molecule has 0 aromatic heterocycles. The van der Waals surface area contributed by atoms with Gasteiger partial charge in [-0.15, -0.1) is 24.9 Å². The molecule has 6 unspecified atom stereocenters. The fraction of sp³-hybridized carbons (Fsp3) is 0.455. The van der Waals surface area contributed by atoms with Crippen LogP contribution in [0.2, 0.25) is 0 Å². The Bertz CT molecular complexity index is 2300. The van der Waals surface area contributed by atoms with Gasteiger partial charge in [0.25, 0.3) is 0 Å². The van der Waals surface area contributed by atoms with Crippen LogP contribution in [0.1, 0.15) is 89.2 Å². The first-order valence-electron chi connectivity index (χ1n) is 23.7. The second kappa shape index (κ2) is 23.1. The maximum absolute atomic E-state index is 15.0. The number of fused-ring (bicyclic) bond motifs is 3. The monoisotopic (exact) mass is 916 g/mol. The molecule has 11 heteroatoms. The lowest BCUT2D eigenvalue weighted by molar-refractivity contribution is -0.256. The van der Waals surface area contributed by atoms with Crippen LogP contribution in [0.15, 0.2) is 138 Å². The molecule has 4 aromatic rings. The number of ether oxygens (including phenoxy) is 4. The number of rotatable bonds is 23. The molecule has 352 valence electrons. The molecule has 0 saturated heterocycles. The van der Waals surface area contributed by atoms with Crippen molar-refractivity contribution in [3.05, 3.63) is 139 Å². The first-order chi connectivity index (χ1) is 32.1. The predicted octanol–water partition coefficient (Wildman–Crippen LogP) is 11.7. The fourth-order valence-corrected chi connectivity index (χ4v) is 10.7. The van der Waals surface area contributed by atoms with Gasteiger partial charge in [0.1, 0.15) is 23.1 Å². The van der Waals surface area contributed by atoms with Crippen LogP contribution in [0.4, 0.5) is 4.79 Å². The van der Waals surface area contributed by atoms with Gasteiger partial charge in [-0.1, -0.05) is 96.9 Å². The lowest BCUT2D eigenvalue weighted by Gasteiger charge is -2.60. The molecular formula is C55H68N2O8S. The molecule has 1 heterocycles. The molecule has 4 aromatic carbocycles. The second-order valence-electron chi connectivity index (χ2n) is 18.4. The van der Waals surface area contributed by atoms with Crippen LogP contribution in [-0.4, -0.2) is 83.1 Å².